The van der Waals surface area contributed by atoms with Gasteiger partial charge in [-0.25, -0.2) is 4.98 Å². The zero-order chi connectivity index (χ0) is 22.5. The van der Waals surface area contributed by atoms with Gasteiger partial charge in [0.1, 0.15) is 11.9 Å². The summed E-state index contributed by atoms with van der Waals surface area (Å²) < 4.78 is 2.02. The van der Waals surface area contributed by atoms with Crippen LogP contribution >= 0.6 is 23.2 Å². The molecule has 0 aliphatic carbocycles. The van der Waals surface area contributed by atoms with E-state index >= 15 is 0 Å². The fraction of sp³-hybridized carbons (Fsp3) is 0.240. The van der Waals surface area contributed by atoms with Gasteiger partial charge >= 0.3 is 0 Å². The number of aromatic nitrogens is 3. The van der Waals surface area contributed by atoms with Crippen LogP contribution < -0.4 is 5.32 Å². The molecule has 32 heavy (non-hydrogen) atoms. The molecule has 7 heteroatoms. The zero-order valence-corrected chi connectivity index (χ0v) is 19.3. The van der Waals surface area contributed by atoms with Gasteiger partial charge in [0.05, 0.1) is 11.0 Å². The first-order valence-electron chi connectivity index (χ1n) is 10.6. The number of halogens is 2. The molecule has 164 valence electrons. The molecule has 1 amide bonds. The molecule has 0 radical (unpaired) electrons. The smallest absolute Gasteiger partial charge is 0.243 e. The van der Waals surface area contributed by atoms with Gasteiger partial charge in [-0.3, -0.25) is 9.78 Å². The van der Waals surface area contributed by atoms with E-state index in [4.69, 9.17) is 28.2 Å². The van der Waals surface area contributed by atoms with E-state index in [1.807, 2.05) is 72.2 Å². The molecular formula is C25H24Cl2N4O. The number of pyridine rings is 1. The van der Waals surface area contributed by atoms with Crippen molar-refractivity contribution in [1.29, 1.82) is 0 Å². The van der Waals surface area contributed by atoms with Gasteiger partial charge in [-0.05, 0) is 48.4 Å². The molecule has 1 N–H and O–H groups in total. The van der Waals surface area contributed by atoms with Crippen LogP contribution in [0.1, 0.15) is 36.5 Å². The molecule has 4 aromatic rings. The van der Waals surface area contributed by atoms with Crippen LogP contribution in [0.15, 0.2) is 66.9 Å². The number of carbonyl (C=O) groups is 1. The van der Waals surface area contributed by atoms with E-state index < -0.39 is 6.04 Å². The standard InChI is InChI=1S/C25H24Cl2N4O/c1-2-22(25(32)29-15-13-17-8-5-6-14-28-17)31-23-12-4-3-11-21(23)30-24(31)16-18-19(26)9-7-10-20(18)27/h3-12,14,22H,2,13,15-16H2,1H3,(H,29,32)/t22-/m0/s1. The molecule has 2 aromatic carbocycles. The van der Waals surface area contributed by atoms with Gasteiger partial charge in [0.15, 0.2) is 0 Å². The highest BCUT2D eigenvalue weighted by atomic mass is 35.5. The van der Waals surface area contributed by atoms with Crippen LogP contribution in [0.5, 0.6) is 0 Å². The number of rotatable bonds is 8. The number of nitrogens with zero attached hydrogens (tertiary/aromatic N) is 3. The highest BCUT2D eigenvalue weighted by molar-refractivity contribution is 6.36. The lowest BCUT2D eigenvalue weighted by Crippen LogP contribution is -2.34. The van der Waals surface area contributed by atoms with Crippen molar-refractivity contribution in [2.45, 2.75) is 32.2 Å². The van der Waals surface area contributed by atoms with Crippen molar-refractivity contribution in [3.8, 4) is 0 Å². The number of hydrogen-bond acceptors (Lipinski definition) is 3. The Balaban J connectivity index is 1.63. The van der Waals surface area contributed by atoms with Crippen LogP contribution in [0.2, 0.25) is 10.0 Å². The largest absolute Gasteiger partial charge is 0.354 e. The average molecular weight is 467 g/mol. The third-order valence-corrected chi connectivity index (χ3v) is 6.18. The summed E-state index contributed by atoms with van der Waals surface area (Å²) >= 11 is 12.9. The van der Waals surface area contributed by atoms with Crippen molar-refractivity contribution in [2.24, 2.45) is 0 Å². The van der Waals surface area contributed by atoms with Crippen LogP contribution in [0.25, 0.3) is 11.0 Å². The van der Waals surface area contributed by atoms with Gasteiger partial charge in [-0.15, -0.1) is 0 Å². The summed E-state index contributed by atoms with van der Waals surface area (Å²) in [4.78, 5) is 22.4. The summed E-state index contributed by atoms with van der Waals surface area (Å²) in [7, 11) is 0. The quantitative estimate of drug-likeness (QED) is 0.365. The molecule has 2 aromatic heterocycles. The van der Waals surface area contributed by atoms with Gasteiger partial charge in [-0.2, -0.15) is 0 Å². The molecule has 0 saturated carbocycles. The molecule has 4 rings (SSSR count). The Morgan fingerprint density at radius 2 is 1.78 bits per heavy atom. The van der Waals surface area contributed by atoms with Crippen molar-refractivity contribution in [3.63, 3.8) is 0 Å². The monoisotopic (exact) mass is 466 g/mol. The summed E-state index contributed by atoms with van der Waals surface area (Å²) in [6.45, 7) is 2.52. The maximum atomic E-state index is 13.2. The van der Waals surface area contributed by atoms with Crippen molar-refractivity contribution in [1.82, 2.24) is 19.9 Å². The number of fused-ring (bicyclic) bond motifs is 1. The maximum Gasteiger partial charge on any atom is 0.243 e. The van der Waals surface area contributed by atoms with E-state index in [1.54, 1.807) is 6.20 Å². The van der Waals surface area contributed by atoms with Crippen molar-refractivity contribution >= 4 is 40.1 Å². The summed E-state index contributed by atoms with van der Waals surface area (Å²) in [6, 6.07) is 18.7. The maximum absolute atomic E-state index is 13.2. The Bertz CT molecular complexity index is 1200. The first-order valence-corrected chi connectivity index (χ1v) is 11.4. The molecule has 0 fully saturated rings. The second-order valence-corrected chi connectivity index (χ2v) is 8.36. The minimum absolute atomic E-state index is 0.0434. The summed E-state index contributed by atoms with van der Waals surface area (Å²) in [5, 5.41) is 4.24. The lowest BCUT2D eigenvalue weighted by molar-refractivity contribution is -0.124. The number of hydrogen-bond donors (Lipinski definition) is 1. The van der Waals surface area contributed by atoms with E-state index in [1.165, 1.54) is 0 Å². The highest BCUT2D eigenvalue weighted by Gasteiger charge is 2.24. The first kappa shape index (κ1) is 22.3. The van der Waals surface area contributed by atoms with Gasteiger partial charge in [0.25, 0.3) is 0 Å². The number of benzene rings is 2. The van der Waals surface area contributed by atoms with Crippen LogP contribution in [0, 0.1) is 0 Å². The first-order chi connectivity index (χ1) is 15.6. The molecule has 0 aliphatic heterocycles. The minimum Gasteiger partial charge on any atom is -0.354 e. The Morgan fingerprint density at radius 3 is 2.50 bits per heavy atom. The predicted octanol–water partition coefficient (Wildman–Crippen LogP) is 5.64. The summed E-state index contributed by atoms with van der Waals surface area (Å²) in [5.74, 6) is 0.714. The Labute approximate surface area is 197 Å². The fourth-order valence-corrected chi connectivity index (χ4v) is 4.42. The van der Waals surface area contributed by atoms with Crippen LogP contribution in [0.3, 0.4) is 0 Å². The molecule has 0 saturated heterocycles. The molecule has 2 heterocycles. The van der Waals surface area contributed by atoms with E-state index in [2.05, 4.69) is 10.3 Å². The number of nitrogens with one attached hydrogen (secondary N) is 1. The van der Waals surface area contributed by atoms with Gasteiger partial charge in [0, 0.05) is 41.3 Å². The van der Waals surface area contributed by atoms with Gasteiger partial charge in [-0.1, -0.05) is 54.4 Å². The van der Waals surface area contributed by atoms with Crippen LogP contribution in [-0.4, -0.2) is 27.0 Å². The highest BCUT2D eigenvalue weighted by Crippen LogP contribution is 2.30. The van der Waals surface area contributed by atoms with E-state index in [-0.39, 0.29) is 5.91 Å². The Hall–Kier alpha value is -2.89. The van der Waals surface area contributed by atoms with Crippen molar-refractivity contribution in [3.05, 3.63) is 94.0 Å². The van der Waals surface area contributed by atoms with Gasteiger partial charge in [0.2, 0.25) is 5.91 Å². The van der Waals surface area contributed by atoms with E-state index in [9.17, 15) is 4.79 Å². The molecule has 0 aliphatic rings. The van der Waals surface area contributed by atoms with E-state index in [0.717, 1.165) is 28.1 Å². The van der Waals surface area contributed by atoms with Crippen LogP contribution in [0.4, 0.5) is 0 Å². The van der Waals surface area contributed by atoms with Crippen molar-refractivity contribution in [2.75, 3.05) is 6.54 Å². The molecule has 5 nitrogen and oxygen atoms in total. The number of para-hydroxylation sites is 2. The van der Waals surface area contributed by atoms with E-state index in [0.29, 0.717) is 35.9 Å². The number of carbonyl (C=O) groups excluding carboxylic acids is 1. The second kappa shape index (κ2) is 10.2. The molecular weight excluding hydrogens is 443 g/mol. The molecule has 0 unspecified atom stereocenters. The molecule has 0 bridgehead atoms. The summed E-state index contributed by atoms with van der Waals surface area (Å²) in [5.41, 5.74) is 3.50. The molecule has 1 atom stereocenters. The second-order valence-electron chi connectivity index (χ2n) is 7.55. The Morgan fingerprint density at radius 1 is 1.03 bits per heavy atom. The topological polar surface area (TPSA) is 59.8 Å². The predicted molar refractivity (Wildman–Crippen MR) is 129 cm³/mol. The lowest BCUT2D eigenvalue weighted by Gasteiger charge is -2.20. The minimum atomic E-state index is -0.401. The van der Waals surface area contributed by atoms with Crippen molar-refractivity contribution < 1.29 is 4.79 Å². The third kappa shape index (κ3) is 4.79. The Kier molecular flexibility index (Phi) is 7.08. The zero-order valence-electron chi connectivity index (χ0n) is 17.8. The normalized spacial score (nSPS) is 12.1. The third-order valence-electron chi connectivity index (χ3n) is 5.47. The van der Waals surface area contributed by atoms with Crippen LogP contribution in [-0.2, 0) is 17.6 Å². The SMILES string of the molecule is CC[C@@H](C(=O)NCCc1ccccn1)n1c(Cc2c(Cl)cccc2Cl)nc2ccccc21. The average Bonchev–Trinajstić information content (AvgIpc) is 3.16. The number of amides is 1. The summed E-state index contributed by atoms with van der Waals surface area (Å²) in [6.07, 6.45) is 3.50. The number of imidazole rings is 1. The molecule has 0 spiro atoms. The lowest BCUT2D eigenvalue weighted by atomic mass is 10.1. The van der Waals surface area contributed by atoms with Gasteiger partial charge < -0.3 is 9.88 Å². The fourth-order valence-electron chi connectivity index (χ4n) is 3.89.